The third-order valence-corrected chi connectivity index (χ3v) is 2.63. The van der Waals surface area contributed by atoms with E-state index in [0.717, 1.165) is 0 Å². The van der Waals surface area contributed by atoms with Gasteiger partial charge in [-0.25, -0.2) is 0 Å². The number of hydrogen-bond donors (Lipinski definition) is 0. The molecule has 0 aliphatic heterocycles. The summed E-state index contributed by atoms with van der Waals surface area (Å²) in [6.07, 6.45) is 0. The van der Waals surface area contributed by atoms with Gasteiger partial charge in [0.1, 0.15) is 7.85 Å². The van der Waals surface area contributed by atoms with Gasteiger partial charge < -0.3 is 0 Å². The highest BCUT2D eigenvalue weighted by atomic mass is 127. The van der Waals surface area contributed by atoms with Crippen LogP contribution in [0.3, 0.4) is 0 Å². The Morgan fingerprint density at radius 2 is 1.58 bits per heavy atom. The monoisotopic (exact) mass is 266 g/mol. The fourth-order valence-corrected chi connectivity index (χ4v) is 1.85. The molecule has 0 amide bonds. The summed E-state index contributed by atoms with van der Waals surface area (Å²) >= 11 is 2.34. The summed E-state index contributed by atoms with van der Waals surface area (Å²) in [6.45, 7) is 0. The Hall–Kier alpha value is -0.505. The van der Waals surface area contributed by atoms with Crippen molar-refractivity contribution in [2.24, 2.45) is 0 Å². The van der Waals surface area contributed by atoms with Crippen molar-refractivity contribution in [2.45, 2.75) is 0 Å². The molecule has 2 aromatic rings. The second kappa shape index (κ2) is 3.09. The van der Waals surface area contributed by atoms with Crippen LogP contribution in [-0.2, 0) is 0 Å². The van der Waals surface area contributed by atoms with Crippen LogP contribution in [0, 0.1) is 3.57 Å². The zero-order valence-electron chi connectivity index (χ0n) is 6.84. The number of rotatable bonds is 0. The summed E-state index contributed by atoms with van der Waals surface area (Å²) in [4.78, 5) is 0. The lowest BCUT2D eigenvalue weighted by Crippen LogP contribution is -1.99. The minimum atomic E-state index is 1.30. The third-order valence-electron chi connectivity index (χ3n) is 1.96. The molecular formula is C10H8BI. The first-order chi connectivity index (χ1) is 5.75. The van der Waals surface area contributed by atoms with Gasteiger partial charge >= 0.3 is 0 Å². The van der Waals surface area contributed by atoms with Gasteiger partial charge in [-0.1, -0.05) is 29.7 Å². The Morgan fingerprint density at radius 1 is 0.917 bits per heavy atom. The lowest BCUT2D eigenvalue weighted by Gasteiger charge is -1.99. The highest BCUT2D eigenvalue weighted by Gasteiger charge is 1.93. The molecule has 0 fully saturated rings. The fraction of sp³-hybridized carbons (Fsp3) is 0. The van der Waals surface area contributed by atoms with Crippen molar-refractivity contribution >= 4 is 46.7 Å². The molecule has 2 heteroatoms. The Morgan fingerprint density at radius 3 is 2.42 bits per heavy atom. The van der Waals surface area contributed by atoms with Crippen molar-refractivity contribution < 1.29 is 0 Å². The molecule has 0 atom stereocenters. The molecule has 0 aliphatic rings. The summed E-state index contributed by atoms with van der Waals surface area (Å²) in [7, 11) is 2.12. The van der Waals surface area contributed by atoms with Crippen molar-refractivity contribution in [3.8, 4) is 0 Å². The Kier molecular flexibility index (Phi) is 2.09. The van der Waals surface area contributed by atoms with E-state index in [1.54, 1.807) is 0 Å². The van der Waals surface area contributed by atoms with Gasteiger partial charge in [-0.3, -0.25) is 0 Å². The molecular weight excluding hydrogens is 258 g/mol. The maximum absolute atomic E-state index is 2.34. The molecule has 2 aromatic carbocycles. The fourth-order valence-electron chi connectivity index (χ4n) is 1.34. The molecule has 58 valence electrons. The smallest absolute Gasteiger partial charge is 0.0883 e. The molecule has 0 nitrogen and oxygen atoms in total. The Labute approximate surface area is 86.5 Å². The van der Waals surface area contributed by atoms with Crippen LogP contribution in [0.25, 0.3) is 10.8 Å². The number of fused-ring (bicyclic) bond motifs is 1. The predicted octanol–water partition coefficient (Wildman–Crippen LogP) is 1.70. The molecule has 0 saturated heterocycles. The van der Waals surface area contributed by atoms with E-state index in [0.29, 0.717) is 0 Å². The van der Waals surface area contributed by atoms with Crippen molar-refractivity contribution in [1.29, 1.82) is 0 Å². The van der Waals surface area contributed by atoms with E-state index in [9.17, 15) is 0 Å². The van der Waals surface area contributed by atoms with E-state index in [1.807, 2.05) is 0 Å². The average molecular weight is 266 g/mol. The standard InChI is InChI=1S/C10H8BI/c11-9-3-1-8-6-10(12)4-2-7(8)5-9/h1-6H,11H2. The number of benzene rings is 2. The SMILES string of the molecule is Bc1ccc2cc(I)ccc2c1. The van der Waals surface area contributed by atoms with E-state index in [2.05, 4.69) is 66.8 Å². The van der Waals surface area contributed by atoms with E-state index in [-0.39, 0.29) is 0 Å². The summed E-state index contributed by atoms with van der Waals surface area (Å²) in [5.74, 6) is 0. The van der Waals surface area contributed by atoms with Crippen molar-refractivity contribution in [3.05, 3.63) is 40.0 Å². The summed E-state index contributed by atoms with van der Waals surface area (Å²) in [5, 5.41) is 2.66. The molecule has 0 unspecified atom stereocenters. The number of halogens is 1. The van der Waals surface area contributed by atoms with Crippen LogP contribution < -0.4 is 5.46 Å². The quantitative estimate of drug-likeness (QED) is 0.503. The lowest BCUT2D eigenvalue weighted by molar-refractivity contribution is 1.72. The molecule has 0 radical (unpaired) electrons. The predicted molar refractivity (Wildman–Crippen MR) is 64.8 cm³/mol. The van der Waals surface area contributed by atoms with Gasteiger partial charge in [0, 0.05) is 3.57 Å². The Bertz CT molecular complexity index is 382. The van der Waals surface area contributed by atoms with Crippen LogP contribution in [0.4, 0.5) is 0 Å². The van der Waals surface area contributed by atoms with Gasteiger partial charge in [0.25, 0.3) is 0 Å². The summed E-state index contributed by atoms with van der Waals surface area (Å²) in [5.41, 5.74) is 1.32. The largest absolute Gasteiger partial charge is 0.139 e. The van der Waals surface area contributed by atoms with Crippen molar-refractivity contribution in [1.82, 2.24) is 0 Å². The maximum Gasteiger partial charge on any atom is 0.139 e. The second-order valence-electron chi connectivity index (χ2n) is 2.99. The minimum absolute atomic E-state index is 1.30. The number of hydrogen-bond acceptors (Lipinski definition) is 0. The van der Waals surface area contributed by atoms with Gasteiger partial charge in [-0.05, 0) is 45.5 Å². The zero-order valence-corrected chi connectivity index (χ0v) is 9.00. The summed E-state index contributed by atoms with van der Waals surface area (Å²) < 4.78 is 1.30. The van der Waals surface area contributed by atoms with Crippen LogP contribution in [0.2, 0.25) is 0 Å². The van der Waals surface area contributed by atoms with E-state index < -0.39 is 0 Å². The zero-order chi connectivity index (χ0) is 8.55. The first-order valence-electron chi connectivity index (χ1n) is 3.92. The third kappa shape index (κ3) is 1.48. The molecule has 0 bridgehead atoms. The minimum Gasteiger partial charge on any atom is -0.0883 e. The average Bonchev–Trinajstić information content (AvgIpc) is 2.05. The van der Waals surface area contributed by atoms with Crippen molar-refractivity contribution in [2.75, 3.05) is 0 Å². The maximum atomic E-state index is 2.34. The van der Waals surface area contributed by atoms with Gasteiger partial charge in [-0.15, -0.1) is 0 Å². The Balaban J connectivity index is 2.79. The molecule has 0 heterocycles. The van der Waals surface area contributed by atoms with Crippen LogP contribution in [0.5, 0.6) is 0 Å². The molecule has 0 saturated carbocycles. The first kappa shape index (κ1) is 8.11. The van der Waals surface area contributed by atoms with Gasteiger partial charge in [0.05, 0.1) is 0 Å². The molecule has 2 rings (SSSR count). The first-order valence-corrected chi connectivity index (χ1v) is 4.99. The van der Waals surface area contributed by atoms with E-state index in [1.165, 1.54) is 19.8 Å². The van der Waals surface area contributed by atoms with Gasteiger partial charge in [0.2, 0.25) is 0 Å². The van der Waals surface area contributed by atoms with Crippen molar-refractivity contribution in [3.63, 3.8) is 0 Å². The van der Waals surface area contributed by atoms with Crippen LogP contribution in [0.1, 0.15) is 0 Å². The lowest BCUT2D eigenvalue weighted by atomic mass is 9.94. The second-order valence-corrected chi connectivity index (χ2v) is 4.24. The highest BCUT2D eigenvalue weighted by Crippen LogP contribution is 2.15. The van der Waals surface area contributed by atoms with E-state index in [4.69, 9.17) is 0 Å². The summed E-state index contributed by atoms with van der Waals surface area (Å²) in [6, 6.07) is 13.1. The molecule has 0 N–H and O–H groups in total. The van der Waals surface area contributed by atoms with Crippen LogP contribution in [0.15, 0.2) is 36.4 Å². The molecule has 0 aromatic heterocycles. The molecule has 12 heavy (non-hydrogen) atoms. The topological polar surface area (TPSA) is 0 Å². The van der Waals surface area contributed by atoms with Gasteiger partial charge in [-0.2, -0.15) is 0 Å². The van der Waals surface area contributed by atoms with Crippen LogP contribution >= 0.6 is 22.6 Å². The molecule has 0 aliphatic carbocycles. The highest BCUT2D eigenvalue weighted by molar-refractivity contribution is 14.1. The van der Waals surface area contributed by atoms with Crippen LogP contribution in [-0.4, -0.2) is 7.85 Å². The van der Waals surface area contributed by atoms with E-state index >= 15 is 0 Å². The normalized spacial score (nSPS) is 10.4. The molecule has 0 spiro atoms. The van der Waals surface area contributed by atoms with Gasteiger partial charge in [0.15, 0.2) is 0 Å².